The van der Waals surface area contributed by atoms with Gasteiger partial charge in [0.1, 0.15) is 0 Å². The Bertz CT molecular complexity index is 260. The minimum absolute atomic E-state index is 0.0577. The van der Waals surface area contributed by atoms with Crippen LogP contribution in [0.25, 0.3) is 0 Å². The van der Waals surface area contributed by atoms with Crippen LogP contribution in [0.5, 0.6) is 0 Å². The maximum Gasteiger partial charge on any atom is 0.228 e. The van der Waals surface area contributed by atoms with Crippen molar-refractivity contribution < 1.29 is 9.26 Å². The van der Waals surface area contributed by atoms with E-state index in [0.29, 0.717) is 12.3 Å². The Morgan fingerprint density at radius 2 is 2.36 bits per heavy atom. The third-order valence-corrected chi connectivity index (χ3v) is 1.76. The first-order valence-corrected chi connectivity index (χ1v) is 4.78. The number of nitrogens with two attached hydrogens (primary N) is 1. The molecule has 0 aliphatic carbocycles. The molecule has 5 nitrogen and oxygen atoms in total. The molecule has 0 saturated heterocycles. The van der Waals surface area contributed by atoms with Crippen LogP contribution in [0.1, 0.15) is 25.1 Å². The molecule has 80 valence electrons. The highest BCUT2D eigenvalue weighted by Gasteiger charge is 2.07. The molecule has 0 bridgehead atoms. The summed E-state index contributed by atoms with van der Waals surface area (Å²) in [5.74, 6) is 1.35. The Labute approximate surface area is 83.6 Å². The first-order valence-electron chi connectivity index (χ1n) is 4.78. The average molecular weight is 199 g/mol. The molecule has 1 heterocycles. The van der Waals surface area contributed by atoms with Gasteiger partial charge in [-0.25, -0.2) is 0 Å². The van der Waals surface area contributed by atoms with Gasteiger partial charge >= 0.3 is 0 Å². The molecule has 0 aromatic carbocycles. The van der Waals surface area contributed by atoms with E-state index >= 15 is 0 Å². The van der Waals surface area contributed by atoms with Gasteiger partial charge in [-0.3, -0.25) is 0 Å². The summed E-state index contributed by atoms with van der Waals surface area (Å²) in [4.78, 5) is 4.21. The topological polar surface area (TPSA) is 74.2 Å². The van der Waals surface area contributed by atoms with E-state index in [1.807, 2.05) is 6.92 Å². The van der Waals surface area contributed by atoms with E-state index in [2.05, 4.69) is 10.1 Å². The van der Waals surface area contributed by atoms with Crippen LogP contribution in [-0.4, -0.2) is 29.9 Å². The zero-order chi connectivity index (χ0) is 10.4. The van der Waals surface area contributed by atoms with Gasteiger partial charge in [0.15, 0.2) is 5.82 Å². The lowest BCUT2D eigenvalue weighted by molar-refractivity contribution is 0.194. The first-order chi connectivity index (χ1) is 6.72. The van der Waals surface area contributed by atoms with Gasteiger partial charge in [0.05, 0.1) is 0 Å². The van der Waals surface area contributed by atoms with Crippen LogP contribution in [0.2, 0.25) is 0 Å². The number of nitrogens with zero attached hydrogens (tertiary/aromatic N) is 2. The fourth-order valence-electron chi connectivity index (χ4n) is 1.12. The quantitative estimate of drug-likeness (QED) is 0.677. The van der Waals surface area contributed by atoms with E-state index in [1.54, 1.807) is 7.11 Å². The van der Waals surface area contributed by atoms with E-state index in [4.69, 9.17) is 15.0 Å². The lowest BCUT2D eigenvalue weighted by Crippen LogP contribution is -2.17. The summed E-state index contributed by atoms with van der Waals surface area (Å²) in [5.41, 5.74) is 5.61. The van der Waals surface area contributed by atoms with Crippen molar-refractivity contribution in [3.8, 4) is 0 Å². The van der Waals surface area contributed by atoms with Crippen molar-refractivity contribution in [3.05, 3.63) is 11.7 Å². The van der Waals surface area contributed by atoms with Gasteiger partial charge in [0.25, 0.3) is 0 Å². The molecule has 1 atom stereocenters. The predicted molar refractivity (Wildman–Crippen MR) is 51.8 cm³/mol. The van der Waals surface area contributed by atoms with Crippen LogP contribution in [0, 0.1) is 0 Å². The lowest BCUT2D eigenvalue weighted by atomic mass is 10.2. The van der Waals surface area contributed by atoms with Gasteiger partial charge in [-0.1, -0.05) is 5.16 Å². The summed E-state index contributed by atoms with van der Waals surface area (Å²) >= 11 is 0. The molecule has 1 rings (SSSR count). The summed E-state index contributed by atoms with van der Waals surface area (Å²) in [6, 6.07) is 0.0577. The number of hydrogen-bond donors (Lipinski definition) is 1. The zero-order valence-electron chi connectivity index (χ0n) is 8.69. The zero-order valence-corrected chi connectivity index (χ0v) is 8.69. The fraction of sp³-hybridized carbons (Fsp3) is 0.778. The largest absolute Gasteiger partial charge is 0.385 e. The van der Waals surface area contributed by atoms with Gasteiger partial charge in [0, 0.05) is 32.6 Å². The van der Waals surface area contributed by atoms with E-state index in [9.17, 15) is 0 Å². The van der Waals surface area contributed by atoms with Crippen molar-refractivity contribution in [2.45, 2.75) is 32.2 Å². The number of methoxy groups -OCH3 is 1. The molecule has 0 aliphatic rings. The molecule has 0 amide bonds. The van der Waals surface area contributed by atoms with Crippen LogP contribution in [0.15, 0.2) is 4.52 Å². The molecular formula is C9H17N3O2. The van der Waals surface area contributed by atoms with Crippen molar-refractivity contribution >= 4 is 0 Å². The van der Waals surface area contributed by atoms with Crippen molar-refractivity contribution in [2.24, 2.45) is 5.73 Å². The van der Waals surface area contributed by atoms with E-state index in [1.165, 1.54) is 0 Å². The SMILES string of the molecule is COCCCc1noc(CC(C)N)n1. The van der Waals surface area contributed by atoms with Gasteiger partial charge < -0.3 is 15.0 Å². The summed E-state index contributed by atoms with van der Waals surface area (Å²) in [6.07, 6.45) is 2.33. The van der Waals surface area contributed by atoms with Gasteiger partial charge in [-0.05, 0) is 13.3 Å². The highest BCUT2D eigenvalue weighted by molar-refractivity contribution is 4.88. The number of aromatic nitrogens is 2. The summed E-state index contributed by atoms with van der Waals surface area (Å²) in [7, 11) is 1.68. The Kier molecular flexibility index (Phi) is 4.55. The Morgan fingerprint density at radius 1 is 1.57 bits per heavy atom. The Hall–Kier alpha value is -0.940. The number of aryl methyl sites for hydroxylation is 1. The molecular weight excluding hydrogens is 182 g/mol. The molecule has 5 heteroatoms. The van der Waals surface area contributed by atoms with Gasteiger partial charge in [0.2, 0.25) is 5.89 Å². The van der Waals surface area contributed by atoms with E-state index in [0.717, 1.165) is 25.3 Å². The molecule has 0 saturated carbocycles. The van der Waals surface area contributed by atoms with Crippen molar-refractivity contribution in [3.63, 3.8) is 0 Å². The van der Waals surface area contributed by atoms with Gasteiger partial charge in [-0.2, -0.15) is 4.98 Å². The average Bonchev–Trinajstić information content (AvgIpc) is 2.52. The normalized spacial score (nSPS) is 13.1. The second-order valence-electron chi connectivity index (χ2n) is 3.38. The third-order valence-electron chi connectivity index (χ3n) is 1.76. The second-order valence-corrected chi connectivity index (χ2v) is 3.38. The van der Waals surface area contributed by atoms with E-state index in [-0.39, 0.29) is 6.04 Å². The number of hydrogen-bond acceptors (Lipinski definition) is 5. The van der Waals surface area contributed by atoms with Gasteiger partial charge in [-0.15, -0.1) is 0 Å². The number of rotatable bonds is 6. The van der Waals surface area contributed by atoms with Crippen LogP contribution in [0.4, 0.5) is 0 Å². The molecule has 1 unspecified atom stereocenters. The summed E-state index contributed by atoms with van der Waals surface area (Å²) in [5, 5.41) is 3.84. The van der Waals surface area contributed by atoms with Crippen molar-refractivity contribution in [2.75, 3.05) is 13.7 Å². The molecule has 0 spiro atoms. The van der Waals surface area contributed by atoms with E-state index < -0.39 is 0 Å². The minimum Gasteiger partial charge on any atom is -0.385 e. The summed E-state index contributed by atoms with van der Waals surface area (Å²) in [6.45, 7) is 2.63. The Morgan fingerprint density at radius 3 is 3.00 bits per heavy atom. The molecule has 0 fully saturated rings. The maximum atomic E-state index is 5.61. The maximum absolute atomic E-state index is 5.61. The Balaban J connectivity index is 2.35. The van der Waals surface area contributed by atoms with Crippen LogP contribution >= 0.6 is 0 Å². The molecule has 14 heavy (non-hydrogen) atoms. The molecule has 2 N–H and O–H groups in total. The number of ether oxygens (including phenoxy) is 1. The standard InChI is InChI=1S/C9H17N3O2/c1-7(10)6-9-11-8(12-14-9)4-3-5-13-2/h7H,3-6,10H2,1-2H3. The first kappa shape index (κ1) is 11.1. The molecule has 0 aliphatic heterocycles. The molecule has 1 aromatic heterocycles. The fourth-order valence-corrected chi connectivity index (χ4v) is 1.12. The smallest absolute Gasteiger partial charge is 0.228 e. The van der Waals surface area contributed by atoms with Crippen molar-refractivity contribution in [1.29, 1.82) is 0 Å². The summed E-state index contributed by atoms with van der Waals surface area (Å²) < 4.78 is 9.95. The third kappa shape index (κ3) is 3.85. The molecule has 1 aromatic rings. The monoisotopic (exact) mass is 199 g/mol. The van der Waals surface area contributed by atoms with Crippen LogP contribution in [-0.2, 0) is 17.6 Å². The van der Waals surface area contributed by atoms with Crippen LogP contribution < -0.4 is 5.73 Å². The van der Waals surface area contributed by atoms with Crippen LogP contribution in [0.3, 0.4) is 0 Å². The van der Waals surface area contributed by atoms with Crippen molar-refractivity contribution in [1.82, 2.24) is 10.1 Å². The highest BCUT2D eigenvalue weighted by atomic mass is 16.5. The second kappa shape index (κ2) is 5.72. The lowest BCUT2D eigenvalue weighted by Gasteiger charge is -1.96. The minimum atomic E-state index is 0.0577. The predicted octanol–water partition coefficient (Wildman–Crippen LogP) is 0.538. The highest BCUT2D eigenvalue weighted by Crippen LogP contribution is 2.02. The molecule has 0 radical (unpaired) electrons.